The number of amides is 1. The van der Waals surface area contributed by atoms with Crippen molar-refractivity contribution < 1.29 is 4.79 Å². The highest BCUT2D eigenvalue weighted by Gasteiger charge is 2.56. The number of imidazole rings is 1. The van der Waals surface area contributed by atoms with Crippen LogP contribution in [-0.2, 0) is 7.05 Å². The zero-order valence-electron chi connectivity index (χ0n) is 14.5. The molecule has 132 valence electrons. The molecule has 3 unspecified atom stereocenters. The maximum Gasteiger partial charge on any atom is 0.352 e. The average molecular weight is 342 g/mol. The zero-order chi connectivity index (χ0) is 17.4. The fourth-order valence-electron chi connectivity index (χ4n) is 6.21. The number of carbonyl (C=O) groups is 1. The summed E-state index contributed by atoms with van der Waals surface area (Å²) < 4.78 is 2.39. The van der Waals surface area contributed by atoms with Crippen LogP contribution in [-0.4, -0.2) is 35.8 Å². The van der Waals surface area contributed by atoms with Crippen molar-refractivity contribution in [1.29, 1.82) is 0 Å². The molecule has 4 aliphatic rings. The first-order valence-electron chi connectivity index (χ1n) is 8.96. The van der Waals surface area contributed by atoms with Gasteiger partial charge in [-0.1, -0.05) is 12.1 Å². The molecule has 4 fully saturated rings. The molecule has 8 nitrogen and oxygen atoms in total. The lowest BCUT2D eigenvalue weighted by Crippen LogP contribution is -2.62. The van der Waals surface area contributed by atoms with E-state index in [1.165, 1.54) is 37.0 Å². The van der Waals surface area contributed by atoms with Crippen LogP contribution in [0.4, 0.5) is 0 Å². The highest BCUT2D eigenvalue weighted by atomic mass is 16.2. The molecule has 4 saturated carbocycles. The predicted octanol–water partition coefficient (Wildman–Crippen LogP) is 0.912. The van der Waals surface area contributed by atoms with Crippen molar-refractivity contribution in [3.8, 4) is 0 Å². The molecule has 0 saturated heterocycles. The molecular weight excluding hydrogens is 320 g/mol. The summed E-state index contributed by atoms with van der Waals surface area (Å²) >= 11 is 0. The molecule has 6 rings (SSSR count). The molecule has 25 heavy (non-hydrogen) atoms. The first kappa shape index (κ1) is 15.0. The van der Waals surface area contributed by atoms with Crippen molar-refractivity contribution in [1.82, 2.24) is 29.7 Å². The smallest absolute Gasteiger partial charge is 0.345 e. The molecule has 2 aromatic heterocycles. The Kier molecular flexibility index (Phi) is 2.81. The highest BCUT2D eigenvalue weighted by Crippen LogP contribution is 2.61. The minimum absolute atomic E-state index is 0.126. The number of nitrogens with zero attached hydrogens (tertiary/aromatic N) is 5. The summed E-state index contributed by atoms with van der Waals surface area (Å²) in [6, 6.07) is 0. The summed E-state index contributed by atoms with van der Waals surface area (Å²) in [5.74, 6) is 1.20. The zero-order valence-corrected chi connectivity index (χ0v) is 14.5. The molecule has 0 aromatic carbocycles. The van der Waals surface area contributed by atoms with Gasteiger partial charge in [-0.15, -0.1) is 5.10 Å². The number of aryl methyl sites for hydroxylation is 1. The SMILES string of the molecule is Cn1nnc2c(C(=O)NC34CC5C[C@H](CC(C)(C5)C3)C4)ncn2c1=O. The average Bonchev–Trinajstić information content (AvgIpc) is 2.92. The molecule has 1 N–H and O–H groups in total. The summed E-state index contributed by atoms with van der Waals surface area (Å²) in [4.78, 5) is 29.2. The molecule has 4 atom stereocenters. The maximum atomic E-state index is 12.9. The normalized spacial score (nSPS) is 36.1. The Morgan fingerprint density at radius 1 is 1.28 bits per heavy atom. The number of hydrogen-bond acceptors (Lipinski definition) is 5. The summed E-state index contributed by atoms with van der Waals surface area (Å²) in [5, 5.41) is 11.0. The van der Waals surface area contributed by atoms with Crippen LogP contribution in [0.3, 0.4) is 0 Å². The Morgan fingerprint density at radius 2 is 2.00 bits per heavy atom. The van der Waals surface area contributed by atoms with E-state index >= 15 is 0 Å². The maximum absolute atomic E-state index is 12.9. The van der Waals surface area contributed by atoms with Gasteiger partial charge in [-0.25, -0.2) is 14.2 Å². The fourth-order valence-corrected chi connectivity index (χ4v) is 6.21. The third-order valence-corrected chi connectivity index (χ3v) is 6.45. The Bertz CT molecular complexity index is 930. The number of carbonyl (C=O) groups excluding carboxylic acids is 1. The highest BCUT2D eigenvalue weighted by molar-refractivity contribution is 5.98. The van der Waals surface area contributed by atoms with Gasteiger partial charge in [0.1, 0.15) is 6.33 Å². The van der Waals surface area contributed by atoms with Crippen LogP contribution in [0.15, 0.2) is 11.1 Å². The van der Waals surface area contributed by atoms with E-state index in [4.69, 9.17) is 0 Å². The van der Waals surface area contributed by atoms with Crippen molar-refractivity contribution in [2.75, 3.05) is 0 Å². The summed E-state index contributed by atoms with van der Waals surface area (Å²) in [6.45, 7) is 2.37. The summed E-state index contributed by atoms with van der Waals surface area (Å²) in [7, 11) is 1.52. The van der Waals surface area contributed by atoms with E-state index in [2.05, 4.69) is 27.5 Å². The molecule has 2 aromatic rings. The largest absolute Gasteiger partial charge is 0.352 e. The second kappa shape index (κ2) is 4.68. The Labute approximate surface area is 144 Å². The number of aromatic nitrogens is 5. The van der Waals surface area contributed by atoms with E-state index < -0.39 is 0 Å². The van der Waals surface area contributed by atoms with Gasteiger partial charge in [0.2, 0.25) is 0 Å². The van der Waals surface area contributed by atoms with Crippen LogP contribution < -0.4 is 11.0 Å². The lowest BCUT2D eigenvalue weighted by Gasteiger charge is -2.61. The van der Waals surface area contributed by atoms with Crippen molar-refractivity contribution in [2.45, 2.75) is 51.0 Å². The second-order valence-electron chi connectivity index (χ2n) is 8.79. The van der Waals surface area contributed by atoms with E-state index in [0.29, 0.717) is 5.41 Å². The summed E-state index contributed by atoms with van der Waals surface area (Å²) in [6.07, 6.45) is 8.39. The van der Waals surface area contributed by atoms with Crippen LogP contribution in [0.2, 0.25) is 0 Å². The molecule has 2 heterocycles. The molecule has 4 bridgehead atoms. The monoisotopic (exact) mass is 342 g/mol. The van der Waals surface area contributed by atoms with Crippen LogP contribution in [0, 0.1) is 17.3 Å². The molecule has 0 radical (unpaired) electrons. The van der Waals surface area contributed by atoms with Gasteiger partial charge in [0.25, 0.3) is 5.91 Å². The molecule has 1 amide bonds. The van der Waals surface area contributed by atoms with E-state index in [1.807, 2.05) is 0 Å². The van der Waals surface area contributed by atoms with Crippen LogP contribution >= 0.6 is 0 Å². The molecule has 0 aliphatic heterocycles. The van der Waals surface area contributed by atoms with E-state index in [0.717, 1.165) is 35.8 Å². The summed E-state index contributed by atoms with van der Waals surface area (Å²) in [5.41, 5.74) is 0.268. The van der Waals surface area contributed by atoms with Crippen molar-refractivity contribution >= 4 is 11.6 Å². The Morgan fingerprint density at radius 3 is 2.68 bits per heavy atom. The number of nitrogens with one attached hydrogen (secondary N) is 1. The molecule has 8 heteroatoms. The van der Waals surface area contributed by atoms with E-state index in [1.54, 1.807) is 0 Å². The minimum atomic E-state index is -0.362. The fraction of sp³-hybridized carbons (Fsp3) is 0.706. The first-order chi connectivity index (χ1) is 11.9. The van der Waals surface area contributed by atoms with Gasteiger partial charge < -0.3 is 5.32 Å². The minimum Gasteiger partial charge on any atom is -0.345 e. The molecular formula is C17H22N6O2. The Hall–Kier alpha value is -2.25. The molecule has 0 spiro atoms. The number of fused-ring (bicyclic) bond motifs is 1. The Balaban J connectivity index is 1.48. The standard InChI is InChI=1S/C17H22N6O2/c1-16-4-10-3-11(5-16)7-17(6-10,8-16)19-14(24)12-13-20-21-22(2)15(25)23(13)9-18-12/h9-11H,3-8H2,1-2H3,(H,19,24)/t10-,11?,16?,17?/m1/s1. The van der Waals surface area contributed by atoms with Gasteiger partial charge in [0.05, 0.1) is 0 Å². The first-order valence-corrected chi connectivity index (χ1v) is 8.96. The van der Waals surface area contributed by atoms with Gasteiger partial charge in [-0.3, -0.25) is 4.79 Å². The number of rotatable bonds is 2. The van der Waals surface area contributed by atoms with Crippen LogP contribution in [0.25, 0.3) is 5.65 Å². The third-order valence-electron chi connectivity index (χ3n) is 6.45. The van der Waals surface area contributed by atoms with E-state index in [-0.39, 0.29) is 28.5 Å². The quantitative estimate of drug-likeness (QED) is 0.875. The predicted molar refractivity (Wildman–Crippen MR) is 89.0 cm³/mol. The lowest BCUT2D eigenvalue weighted by atomic mass is 9.47. The van der Waals surface area contributed by atoms with Crippen molar-refractivity contribution in [2.24, 2.45) is 24.3 Å². The van der Waals surface area contributed by atoms with Gasteiger partial charge in [0, 0.05) is 12.6 Å². The van der Waals surface area contributed by atoms with Crippen molar-refractivity contribution in [3.05, 3.63) is 22.5 Å². The van der Waals surface area contributed by atoms with E-state index in [9.17, 15) is 9.59 Å². The molecule has 4 aliphatic carbocycles. The van der Waals surface area contributed by atoms with Gasteiger partial charge in [-0.2, -0.15) is 4.68 Å². The lowest BCUT2D eigenvalue weighted by molar-refractivity contribution is -0.0680. The number of hydrogen-bond donors (Lipinski definition) is 1. The van der Waals surface area contributed by atoms with Gasteiger partial charge in [0.15, 0.2) is 11.3 Å². The van der Waals surface area contributed by atoms with Gasteiger partial charge >= 0.3 is 5.69 Å². The van der Waals surface area contributed by atoms with Crippen LogP contribution in [0.1, 0.15) is 55.9 Å². The van der Waals surface area contributed by atoms with Crippen molar-refractivity contribution in [3.63, 3.8) is 0 Å². The third kappa shape index (κ3) is 2.15. The van der Waals surface area contributed by atoms with Crippen LogP contribution in [0.5, 0.6) is 0 Å². The van der Waals surface area contributed by atoms with Gasteiger partial charge in [-0.05, 0) is 55.8 Å². The second-order valence-corrected chi connectivity index (χ2v) is 8.79. The topological polar surface area (TPSA) is 94.2 Å².